The zero-order chi connectivity index (χ0) is 11.5. The normalized spacial score (nSPS) is 29.5. The van der Waals surface area contributed by atoms with Gasteiger partial charge in [0, 0.05) is 12.7 Å². The van der Waals surface area contributed by atoms with Crippen LogP contribution in [-0.2, 0) is 4.74 Å². The molecule has 17 heavy (non-hydrogen) atoms. The predicted octanol–water partition coefficient (Wildman–Crippen LogP) is 1.04. The molecule has 3 heterocycles. The Hall–Kier alpha value is -1.13. The van der Waals surface area contributed by atoms with Crippen molar-refractivity contribution in [2.24, 2.45) is 0 Å². The molecule has 0 amide bonds. The van der Waals surface area contributed by atoms with Crippen molar-refractivity contribution in [1.29, 1.82) is 0 Å². The van der Waals surface area contributed by atoms with E-state index < -0.39 is 0 Å². The molecule has 1 aromatic heterocycles. The average Bonchev–Trinajstić information content (AvgIpc) is 2.64. The molecule has 4 nitrogen and oxygen atoms in total. The first-order valence-electron chi connectivity index (χ1n) is 6.44. The Labute approximate surface area is 102 Å². The molecule has 1 N–H and O–H groups in total. The van der Waals surface area contributed by atoms with Crippen LogP contribution in [0.25, 0.3) is 0 Å². The Bertz CT molecular complexity index is 357. The van der Waals surface area contributed by atoms with Crippen LogP contribution < -0.4 is 10.2 Å². The molecule has 0 spiro atoms. The molecule has 0 bridgehead atoms. The van der Waals surface area contributed by atoms with Crippen molar-refractivity contribution >= 4 is 5.69 Å². The highest BCUT2D eigenvalue weighted by molar-refractivity contribution is 5.45. The molecule has 0 aromatic carbocycles. The fourth-order valence-electron chi connectivity index (χ4n) is 2.86. The Kier molecular flexibility index (Phi) is 3.25. The topological polar surface area (TPSA) is 37.4 Å². The molecule has 0 aliphatic carbocycles. The van der Waals surface area contributed by atoms with E-state index >= 15 is 0 Å². The number of ether oxygens (including phenoxy) is 1. The number of hydrogen-bond donors (Lipinski definition) is 1. The Morgan fingerprint density at radius 1 is 1.35 bits per heavy atom. The minimum absolute atomic E-state index is 0.374. The van der Waals surface area contributed by atoms with E-state index in [0.29, 0.717) is 12.1 Å². The van der Waals surface area contributed by atoms with E-state index in [1.54, 1.807) is 0 Å². The molecule has 3 rings (SSSR count). The van der Waals surface area contributed by atoms with Crippen molar-refractivity contribution < 1.29 is 4.74 Å². The number of nitrogens with one attached hydrogen (secondary N) is 1. The number of rotatable bonds is 1. The fraction of sp³-hybridized carbons (Fsp3) is 0.615. The lowest BCUT2D eigenvalue weighted by molar-refractivity contribution is 0.00988. The molecule has 2 saturated heterocycles. The van der Waals surface area contributed by atoms with Crippen LogP contribution in [0.4, 0.5) is 5.69 Å². The van der Waals surface area contributed by atoms with Gasteiger partial charge in [0.25, 0.3) is 0 Å². The van der Waals surface area contributed by atoms with Crippen molar-refractivity contribution in [1.82, 2.24) is 10.3 Å². The predicted molar refractivity (Wildman–Crippen MR) is 67.2 cm³/mol. The van der Waals surface area contributed by atoms with Crippen molar-refractivity contribution in [3.63, 3.8) is 0 Å². The van der Waals surface area contributed by atoms with Crippen LogP contribution in [0.3, 0.4) is 0 Å². The van der Waals surface area contributed by atoms with Gasteiger partial charge in [0.2, 0.25) is 0 Å². The number of anilines is 1. The SMILES string of the molecule is c1cncc(N2CCOC3CCNCCC32)c1. The third-order valence-electron chi connectivity index (χ3n) is 3.69. The Morgan fingerprint density at radius 3 is 3.18 bits per heavy atom. The third-order valence-corrected chi connectivity index (χ3v) is 3.69. The van der Waals surface area contributed by atoms with Gasteiger partial charge in [0.05, 0.1) is 30.6 Å². The van der Waals surface area contributed by atoms with Crippen LogP contribution in [0.1, 0.15) is 12.8 Å². The first kappa shape index (κ1) is 11.0. The van der Waals surface area contributed by atoms with E-state index in [2.05, 4.69) is 21.3 Å². The van der Waals surface area contributed by atoms with Crippen molar-refractivity contribution in [3.8, 4) is 0 Å². The van der Waals surface area contributed by atoms with Crippen LogP contribution >= 0.6 is 0 Å². The van der Waals surface area contributed by atoms with Gasteiger partial charge in [-0.05, 0) is 38.1 Å². The van der Waals surface area contributed by atoms with E-state index in [1.165, 1.54) is 5.69 Å². The first-order valence-corrected chi connectivity index (χ1v) is 6.44. The summed E-state index contributed by atoms with van der Waals surface area (Å²) in [6.07, 6.45) is 6.43. The highest BCUT2D eigenvalue weighted by Crippen LogP contribution is 2.26. The maximum absolute atomic E-state index is 5.91. The quantitative estimate of drug-likeness (QED) is 0.786. The first-order chi connectivity index (χ1) is 8.45. The molecule has 0 radical (unpaired) electrons. The maximum Gasteiger partial charge on any atom is 0.0791 e. The monoisotopic (exact) mass is 233 g/mol. The third kappa shape index (κ3) is 2.28. The summed E-state index contributed by atoms with van der Waals surface area (Å²) in [7, 11) is 0. The number of morpholine rings is 1. The Morgan fingerprint density at radius 2 is 2.29 bits per heavy atom. The van der Waals surface area contributed by atoms with Gasteiger partial charge in [-0.2, -0.15) is 0 Å². The minimum atomic E-state index is 0.374. The summed E-state index contributed by atoms with van der Waals surface area (Å²) < 4.78 is 5.91. The summed E-state index contributed by atoms with van der Waals surface area (Å²) in [5.41, 5.74) is 1.23. The van der Waals surface area contributed by atoms with Crippen molar-refractivity contribution in [2.45, 2.75) is 25.0 Å². The lowest BCUT2D eigenvalue weighted by atomic mass is 10.0. The van der Waals surface area contributed by atoms with Gasteiger partial charge >= 0.3 is 0 Å². The standard InChI is InChI=1S/C13H19N3O/c1-2-11(10-15-5-1)16-8-9-17-13-4-7-14-6-3-12(13)16/h1-2,5,10,12-14H,3-4,6-9H2. The second-order valence-electron chi connectivity index (χ2n) is 4.71. The van der Waals surface area contributed by atoms with E-state index in [-0.39, 0.29) is 0 Å². The van der Waals surface area contributed by atoms with Gasteiger partial charge in [-0.3, -0.25) is 4.98 Å². The van der Waals surface area contributed by atoms with E-state index in [4.69, 9.17) is 4.74 Å². The van der Waals surface area contributed by atoms with E-state index in [9.17, 15) is 0 Å². The fourth-order valence-corrected chi connectivity index (χ4v) is 2.86. The van der Waals surface area contributed by atoms with Gasteiger partial charge in [-0.25, -0.2) is 0 Å². The molecule has 92 valence electrons. The minimum Gasteiger partial charge on any atom is -0.374 e. The molecule has 1 aromatic rings. The summed E-state index contributed by atoms with van der Waals surface area (Å²) in [6, 6.07) is 4.66. The van der Waals surface area contributed by atoms with Crippen molar-refractivity contribution in [2.75, 3.05) is 31.1 Å². The number of hydrogen-bond acceptors (Lipinski definition) is 4. The second-order valence-corrected chi connectivity index (χ2v) is 4.71. The summed E-state index contributed by atoms with van der Waals surface area (Å²) in [5, 5.41) is 3.45. The van der Waals surface area contributed by atoms with Gasteiger partial charge in [0.1, 0.15) is 0 Å². The number of pyridine rings is 1. The summed E-state index contributed by atoms with van der Waals surface area (Å²) in [4.78, 5) is 6.69. The molecule has 2 unspecified atom stereocenters. The largest absolute Gasteiger partial charge is 0.374 e. The molecule has 2 atom stereocenters. The summed E-state index contributed by atoms with van der Waals surface area (Å²) in [6.45, 7) is 3.96. The average molecular weight is 233 g/mol. The van der Waals surface area contributed by atoms with Crippen molar-refractivity contribution in [3.05, 3.63) is 24.5 Å². The lowest BCUT2D eigenvalue weighted by Crippen LogP contribution is -2.51. The summed E-state index contributed by atoms with van der Waals surface area (Å²) in [5.74, 6) is 0. The van der Waals surface area contributed by atoms with Gasteiger partial charge < -0.3 is 15.0 Å². The number of aromatic nitrogens is 1. The highest BCUT2D eigenvalue weighted by Gasteiger charge is 2.33. The number of nitrogens with zero attached hydrogens (tertiary/aromatic N) is 2. The van der Waals surface area contributed by atoms with Crippen LogP contribution in [0.2, 0.25) is 0 Å². The van der Waals surface area contributed by atoms with Crippen LogP contribution in [0, 0.1) is 0 Å². The maximum atomic E-state index is 5.91. The molecular weight excluding hydrogens is 214 g/mol. The molecular formula is C13H19N3O. The molecule has 4 heteroatoms. The Balaban J connectivity index is 1.83. The van der Waals surface area contributed by atoms with Crippen LogP contribution in [-0.4, -0.2) is 43.4 Å². The van der Waals surface area contributed by atoms with Gasteiger partial charge in [-0.1, -0.05) is 0 Å². The smallest absolute Gasteiger partial charge is 0.0791 e. The molecule has 2 aliphatic rings. The van der Waals surface area contributed by atoms with E-state index in [0.717, 1.165) is 39.1 Å². The number of fused-ring (bicyclic) bond motifs is 1. The van der Waals surface area contributed by atoms with Crippen LogP contribution in [0.5, 0.6) is 0 Å². The molecule has 0 saturated carbocycles. The second kappa shape index (κ2) is 5.02. The van der Waals surface area contributed by atoms with Crippen LogP contribution in [0.15, 0.2) is 24.5 Å². The zero-order valence-corrected chi connectivity index (χ0v) is 10.0. The molecule has 2 aliphatic heterocycles. The summed E-state index contributed by atoms with van der Waals surface area (Å²) >= 11 is 0. The highest BCUT2D eigenvalue weighted by atomic mass is 16.5. The zero-order valence-electron chi connectivity index (χ0n) is 10.0. The van der Waals surface area contributed by atoms with Gasteiger partial charge in [0.15, 0.2) is 0 Å². The molecule has 2 fully saturated rings. The lowest BCUT2D eigenvalue weighted by Gasteiger charge is -2.41. The van der Waals surface area contributed by atoms with E-state index in [1.807, 2.05) is 18.5 Å². The van der Waals surface area contributed by atoms with Gasteiger partial charge in [-0.15, -0.1) is 0 Å².